The van der Waals surface area contributed by atoms with Gasteiger partial charge >= 0.3 is 6.18 Å². The standard InChI is InChI=1S/C26H30F7N5O3S/c1-11-8-25(29,30)10-38(11)23(40)17-18(42-22(37-17)21(39)35-12(2)24(3,4)41)15-9-34-16(7-14(15)20(27)28)36-19(13-5-6-13)26(31,32)33/h7,9,11-13,19-20,41H,5-6,8,10H2,1-4H3,(H,34,36)(H,35,39)/t11-,12+,19?/m0/s1. The van der Waals surface area contributed by atoms with Crippen LogP contribution in [-0.2, 0) is 0 Å². The van der Waals surface area contributed by atoms with E-state index in [9.17, 15) is 45.4 Å². The summed E-state index contributed by atoms with van der Waals surface area (Å²) in [6.45, 7) is 4.78. The quantitative estimate of drug-likeness (QED) is 0.311. The van der Waals surface area contributed by atoms with Gasteiger partial charge < -0.3 is 20.6 Å². The minimum absolute atomic E-state index is 0.285. The highest BCUT2D eigenvalue weighted by Gasteiger charge is 2.49. The Labute approximate surface area is 240 Å². The first-order valence-electron chi connectivity index (χ1n) is 13.1. The number of hydrogen-bond donors (Lipinski definition) is 3. The fraction of sp³-hybridized carbons (Fsp3) is 0.615. The molecule has 0 spiro atoms. The first-order chi connectivity index (χ1) is 19.3. The Balaban J connectivity index is 1.77. The number of halogens is 7. The summed E-state index contributed by atoms with van der Waals surface area (Å²) < 4.78 is 97.4. The lowest BCUT2D eigenvalue weighted by Crippen LogP contribution is -2.47. The Morgan fingerprint density at radius 2 is 1.86 bits per heavy atom. The van der Waals surface area contributed by atoms with Crippen molar-refractivity contribution in [1.29, 1.82) is 0 Å². The number of anilines is 1. The normalized spacial score (nSPS) is 20.5. The van der Waals surface area contributed by atoms with E-state index >= 15 is 0 Å². The van der Waals surface area contributed by atoms with E-state index in [-0.39, 0.29) is 15.4 Å². The maximum atomic E-state index is 14.3. The van der Waals surface area contributed by atoms with Gasteiger partial charge in [0, 0.05) is 29.8 Å². The molecular weight excluding hydrogens is 595 g/mol. The third-order valence-corrected chi connectivity index (χ3v) is 8.47. The molecule has 4 rings (SSSR count). The van der Waals surface area contributed by atoms with E-state index in [0.717, 1.165) is 17.2 Å². The first kappa shape index (κ1) is 31.9. The molecule has 8 nitrogen and oxygen atoms in total. The second-order valence-electron chi connectivity index (χ2n) is 11.3. The Kier molecular flexibility index (Phi) is 8.54. The topological polar surface area (TPSA) is 107 Å². The van der Waals surface area contributed by atoms with Crippen LogP contribution in [-0.4, -0.2) is 74.2 Å². The lowest BCUT2D eigenvalue weighted by Gasteiger charge is -2.26. The van der Waals surface area contributed by atoms with Gasteiger partial charge in [0.05, 0.1) is 23.1 Å². The predicted molar refractivity (Wildman–Crippen MR) is 140 cm³/mol. The molecule has 3 N–H and O–H groups in total. The van der Waals surface area contributed by atoms with Gasteiger partial charge in [-0.2, -0.15) is 13.2 Å². The number of rotatable bonds is 9. The summed E-state index contributed by atoms with van der Waals surface area (Å²) in [5.41, 5.74) is -3.10. The Morgan fingerprint density at radius 1 is 1.21 bits per heavy atom. The van der Waals surface area contributed by atoms with Gasteiger partial charge in [-0.25, -0.2) is 27.5 Å². The summed E-state index contributed by atoms with van der Waals surface area (Å²) in [6, 6.07) is -3.01. The van der Waals surface area contributed by atoms with Crippen molar-refractivity contribution < 1.29 is 45.4 Å². The molecule has 1 aliphatic heterocycles. The number of pyridine rings is 1. The number of carbonyl (C=O) groups excluding carboxylic acids is 2. The van der Waals surface area contributed by atoms with Crippen LogP contribution in [0.25, 0.3) is 10.4 Å². The van der Waals surface area contributed by atoms with Crippen molar-refractivity contribution in [2.75, 3.05) is 11.9 Å². The highest BCUT2D eigenvalue weighted by Crippen LogP contribution is 2.43. The van der Waals surface area contributed by atoms with Crippen LogP contribution in [0.3, 0.4) is 0 Å². The lowest BCUT2D eigenvalue weighted by molar-refractivity contribution is -0.146. The smallest absolute Gasteiger partial charge is 0.388 e. The number of hydrogen-bond acceptors (Lipinski definition) is 7. The second kappa shape index (κ2) is 11.2. The Hall–Kier alpha value is -3.01. The fourth-order valence-electron chi connectivity index (χ4n) is 4.58. The summed E-state index contributed by atoms with van der Waals surface area (Å²) in [5.74, 6) is -6.29. The maximum Gasteiger partial charge on any atom is 0.408 e. The number of aliphatic hydroxyl groups is 1. The van der Waals surface area contributed by atoms with Crippen LogP contribution in [0.15, 0.2) is 12.3 Å². The summed E-state index contributed by atoms with van der Waals surface area (Å²) in [4.78, 5) is 34.9. The van der Waals surface area contributed by atoms with Gasteiger partial charge in [-0.15, -0.1) is 11.3 Å². The molecule has 2 fully saturated rings. The van der Waals surface area contributed by atoms with E-state index in [1.807, 2.05) is 0 Å². The van der Waals surface area contributed by atoms with Gasteiger partial charge in [-0.05, 0) is 52.5 Å². The van der Waals surface area contributed by atoms with Gasteiger partial charge in [0.25, 0.3) is 24.2 Å². The molecule has 3 atom stereocenters. The van der Waals surface area contributed by atoms with Gasteiger partial charge in [0.2, 0.25) is 0 Å². The number of nitrogens with zero attached hydrogens (tertiary/aromatic N) is 3. The van der Waals surface area contributed by atoms with Crippen LogP contribution < -0.4 is 10.6 Å². The van der Waals surface area contributed by atoms with Crippen molar-refractivity contribution >= 4 is 29.0 Å². The number of aromatic nitrogens is 2. The first-order valence-corrected chi connectivity index (χ1v) is 13.9. The average molecular weight is 626 g/mol. The molecule has 0 aromatic carbocycles. The summed E-state index contributed by atoms with van der Waals surface area (Å²) >= 11 is 0.519. The minimum atomic E-state index is -4.65. The molecule has 0 radical (unpaired) electrons. The van der Waals surface area contributed by atoms with E-state index in [2.05, 4.69) is 20.6 Å². The third kappa shape index (κ3) is 6.96. The number of likely N-dealkylation sites (tertiary alicyclic amines) is 1. The molecule has 1 saturated carbocycles. The van der Waals surface area contributed by atoms with Gasteiger partial charge in [-0.1, -0.05) is 0 Å². The van der Waals surface area contributed by atoms with Crippen LogP contribution in [0.1, 0.15) is 79.2 Å². The number of alkyl halides is 7. The molecule has 2 amide bonds. The summed E-state index contributed by atoms with van der Waals surface area (Å²) in [7, 11) is 0. The van der Waals surface area contributed by atoms with Gasteiger partial charge in [0.15, 0.2) is 5.01 Å². The van der Waals surface area contributed by atoms with Crippen LogP contribution >= 0.6 is 11.3 Å². The lowest BCUT2D eigenvalue weighted by atomic mass is 10.0. The summed E-state index contributed by atoms with van der Waals surface area (Å²) in [6.07, 6.45) is -7.07. The van der Waals surface area contributed by atoms with E-state index in [1.54, 1.807) is 0 Å². The minimum Gasteiger partial charge on any atom is -0.388 e. The van der Waals surface area contributed by atoms with Crippen molar-refractivity contribution in [3.63, 3.8) is 0 Å². The number of thiazole rings is 1. The zero-order valence-electron chi connectivity index (χ0n) is 23.0. The highest BCUT2D eigenvalue weighted by molar-refractivity contribution is 7.17. The molecule has 3 heterocycles. The van der Waals surface area contributed by atoms with Crippen LogP contribution in [0.2, 0.25) is 0 Å². The predicted octanol–water partition coefficient (Wildman–Crippen LogP) is 5.65. The molecular formula is C26H30F7N5O3S. The Bertz CT molecular complexity index is 1340. The van der Waals surface area contributed by atoms with Crippen molar-refractivity contribution in [2.45, 2.75) is 89.2 Å². The van der Waals surface area contributed by atoms with E-state index in [4.69, 9.17) is 0 Å². The monoisotopic (exact) mass is 625 g/mol. The van der Waals surface area contributed by atoms with Gasteiger partial charge in [0.1, 0.15) is 17.6 Å². The van der Waals surface area contributed by atoms with Gasteiger partial charge in [-0.3, -0.25) is 9.59 Å². The molecule has 232 valence electrons. The molecule has 1 aliphatic carbocycles. The molecule has 42 heavy (non-hydrogen) atoms. The molecule has 2 aromatic rings. The summed E-state index contributed by atoms with van der Waals surface area (Å²) in [5, 5.41) is 14.5. The maximum absolute atomic E-state index is 14.3. The largest absolute Gasteiger partial charge is 0.408 e. The van der Waals surface area contributed by atoms with Crippen molar-refractivity contribution in [1.82, 2.24) is 20.2 Å². The second-order valence-corrected chi connectivity index (χ2v) is 12.3. The van der Waals surface area contributed by atoms with Crippen molar-refractivity contribution in [3.05, 3.63) is 28.5 Å². The van der Waals surface area contributed by atoms with E-state index in [1.165, 1.54) is 27.7 Å². The molecule has 0 bridgehead atoms. The average Bonchev–Trinajstić information content (AvgIpc) is 3.52. The molecule has 1 unspecified atom stereocenters. The molecule has 16 heteroatoms. The third-order valence-electron chi connectivity index (χ3n) is 7.39. The van der Waals surface area contributed by atoms with E-state index < -0.39 is 90.0 Å². The molecule has 1 saturated heterocycles. The number of carbonyl (C=O) groups is 2. The van der Waals surface area contributed by atoms with Crippen molar-refractivity contribution in [3.8, 4) is 10.4 Å². The zero-order chi connectivity index (χ0) is 31.4. The fourth-order valence-corrected chi connectivity index (χ4v) is 5.57. The number of amides is 2. The SMILES string of the molecule is C[C@H]1CC(F)(F)CN1C(=O)c1nc(C(=O)N[C@H](C)C(C)(C)O)sc1-c1cnc(NC(C2CC2)C(F)(F)F)cc1C(F)F. The molecule has 2 aliphatic rings. The van der Waals surface area contributed by atoms with Crippen molar-refractivity contribution in [2.24, 2.45) is 5.92 Å². The number of nitrogens with one attached hydrogen (secondary N) is 2. The zero-order valence-corrected chi connectivity index (χ0v) is 23.8. The van der Waals surface area contributed by atoms with Crippen LogP contribution in [0.4, 0.5) is 36.6 Å². The molecule has 2 aromatic heterocycles. The Morgan fingerprint density at radius 3 is 2.36 bits per heavy atom. The van der Waals surface area contributed by atoms with Crippen LogP contribution in [0.5, 0.6) is 0 Å². The van der Waals surface area contributed by atoms with Crippen LogP contribution in [0, 0.1) is 5.92 Å². The van der Waals surface area contributed by atoms with E-state index in [0.29, 0.717) is 24.2 Å². The highest BCUT2D eigenvalue weighted by atomic mass is 32.1.